The molecule has 1 aromatic rings. The van der Waals surface area contributed by atoms with Gasteiger partial charge in [0.25, 0.3) is 0 Å². The predicted molar refractivity (Wildman–Crippen MR) is 89.3 cm³/mol. The first-order valence-corrected chi connectivity index (χ1v) is 10.0. The largest absolute Gasteiger partial charge is 0.335 e. The molecule has 1 amide bonds. The molecule has 1 atom stereocenters. The van der Waals surface area contributed by atoms with Gasteiger partial charge in [0.1, 0.15) is 0 Å². The molecule has 0 radical (unpaired) electrons. The molecule has 2 fully saturated rings. The summed E-state index contributed by atoms with van der Waals surface area (Å²) in [6, 6.07) is 10.1. The molecule has 1 aromatic carbocycles. The first-order valence-electron chi connectivity index (χ1n) is 8.40. The lowest BCUT2D eigenvalue weighted by atomic mass is 10.0. The maximum atomic E-state index is 12.8. The molecular formula is C17H24N2O3S. The SMILES string of the molecule is O=C(CN1CCCS1(=O)=O)N1CCCCC[C@@H]1c1ccccc1. The van der Waals surface area contributed by atoms with Gasteiger partial charge < -0.3 is 4.90 Å². The van der Waals surface area contributed by atoms with E-state index in [1.165, 1.54) is 4.31 Å². The lowest BCUT2D eigenvalue weighted by Gasteiger charge is -2.31. The Bertz CT molecular complexity index is 645. The molecule has 5 nitrogen and oxygen atoms in total. The van der Waals surface area contributed by atoms with Gasteiger partial charge in [-0.15, -0.1) is 0 Å². The average molecular weight is 336 g/mol. The van der Waals surface area contributed by atoms with Crippen LogP contribution in [0.4, 0.5) is 0 Å². The standard InChI is InChI=1S/C17H24N2O3S/c20-17(14-18-11-7-13-23(18,21)22)19-12-6-2-5-10-16(19)15-8-3-1-4-9-15/h1,3-4,8-9,16H,2,5-7,10-14H2/t16-/m1/s1. The van der Waals surface area contributed by atoms with Crippen LogP contribution < -0.4 is 0 Å². The number of sulfonamides is 1. The first kappa shape index (κ1) is 16.5. The number of rotatable bonds is 3. The Labute approximate surface area is 138 Å². The van der Waals surface area contributed by atoms with Crippen LogP contribution in [-0.2, 0) is 14.8 Å². The molecular weight excluding hydrogens is 312 g/mol. The van der Waals surface area contributed by atoms with Gasteiger partial charge in [0, 0.05) is 13.1 Å². The monoisotopic (exact) mass is 336 g/mol. The normalized spacial score (nSPS) is 25.2. The third kappa shape index (κ3) is 3.75. The van der Waals surface area contributed by atoms with Crippen LogP contribution in [0.1, 0.15) is 43.7 Å². The summed E-state index contributed by atoms with van der Waals surface area (Å²) in [5.41, 5.74) is 1.15. The van der Waals surface area contributed by atoms with Gasteiger partial charge >= 0.3 is 0 Å². The van der Waals surface area contributed by atoms with Gasteiger partial charge in [0.15, 0.2) is 0 Å². The summed E-state index contributed by atoms with van der Waals surface area (Å²) in [7, 11) is -3.23. The van der Waals surface area contributed by atoms with Crippen molar-refractivity contribution in [3.05, 3.63) is 35.9 Å². The van der Waals surface area contributed by atoms with Crippen LogP contribution in [-0.4, -0.2) is 48.9 Å². The summed E-state index contributed by atoms with van der Waals surface area (Å²) in [5, 5.41) is 0. The second-order valence-electron chi connectivity index (χ2n) is 6.37. The summed E-state index contributed by atoms with van der Waals surface area (Å²) >= 11 is 0. The lowest BCUT2D eigenvalue weighted by Crippen LogP contribution is -2.42. The molecule has 6 heteroatoms. The smallest absolute Gasteiger partial charge is 0.238 e. The van der Waals surface area contributed by atoms with Gasteiger partial charge in [0.2, 0.25) is 15.9 Å². The minimum atomic E-state index is -3.23. The highest BCUT2D eigenvalue weighted by atomic mass is 32.2. The van der Waals surface area contributed by atoms with Crippen molar-refractivity contribution in [2.24, 2.45) is 0 Å². The number of amides is 1. The molecule has 23 heavy (non-hydrogen) atoms. The van der Waals surface area contributed by atoms with Crippen molar-refractivity contribution in [2.75, 3.05) is 25.4 Å². The summed E-state index contributed by atoms with van der Waals surface area (Å²) in [5.74, 6) is 0.105. The number of carbonyl (C=O) groups excluding carboxylic acids is 1. The first-order chi connectivity index (χ1) is 11.1. The summed E-state index contributed by atoms with van der Waals surface area (Å²) in [4.78, 5) is 14.7. The van der Waals surface area contributed by atoms with Crippen LogP contribution in [0, 0.1) is 0 Å². The van der Waals surface area contributed by atoms with E-state index < -0.39 is 10.0 Å². The van der Waals surface area contributed by atoms with E-state index in [9.17, 15) is 13.2 Å². The van der Waals surface area contributed by atoms with Crippen LogP contribution in [0.3, 0.4) is 0 Å². The third-order valence-corrected chi connectivity index (χ3v) is 6.68. The minimum Gasteiger partial charge on any atom is -0.335 e. The lowest BCUT2D eigenvalue weighted by molar-refractivity contribution is -0.133. The molecule has 126 valence electrons. The van der Waals surface area contributed by atoms with Crippen molar-refractivity contribution in [1.29, 1.82) is 0 Å². The van der Waals surface area contributed by atoms with Crippen LogP contribution >= 0.6 is 0 Å². The van der Waals surface area contributed by atoms with E-state index in [0.29, 0.717) is 19.5 Å². The highest BCUT2D eigenvalue weighted by Gasteiger charge is 2.33. The second-order valence-corrected chi connectivity index (χ2v) is 8.45. The molecule has 0 unspecified atom stereocenters. The van der Waals surface area contributed by atoms with Gasteiger partial charge in [-0.2, -0.15) is 4.31 Å². The van der Waals surface area contributed by atoms with E-state index in [2.05, 4.69) is 12.1 Å². The predicted octanol–water partition coefficient (Wildman–Crippen LogP) is 2.17. The van der Waals surface area contributed by atoms with Crippen molar-refractivity contribution < 1.29 is 13.2 Å². The molecule has 0 spiro atoms. The molecule has 0 aromatic heterocycles. The highest BCUT2D eigenvalue weighted by molar-refractivity contribution is 7.89. The van der Waals surface area contributed by atoms with Crippen LogP contribution in [0.15, 0.2) is 30.3 Å². The zero-order chi connectivity index (χ0) is 16.3. The zero-order valence-corrected chi connectivity index (χ0v) is 14.2. The highest BCUT2D eigenvalue weighted by Crippen LogP contribution is 2.30. The Morgan fingerprint density at radius 3 is 2.52 bits per heavy atom. The van der Waals surface area contributed by atoms with Crippen LogP contribution in [0.2, 0.25) is 0 Å². The minimum absolute atomic E-state index is 0.00827. The van der Waals surface area contributed by atoms with E-state index in [1.807, 2.05) is 23.1 Å². The molecule has 0 saturated carbocycles. The number of hydrogen-bond acceptors (Lipinski definition) is 3. The number of benzene rings is 1. The fourth-order valence-electron chi connectivity index (χ4n) is 3.54. The van der Waals surface area contributed by atoms with Gasteiger partial charge in [-0.1, -0.05) is 43.2 Å². The fraction of sp³-hybridized carbons (Fsp3) is 0.588. The Kier molecular flexibility index (Phi) is 5.02. The van der Waals surface area contributed by atoms with E-state index in [4.69, 9.17) is 0 Å². The summed E-state index contributed by atoms with van der Waals surface area (Å²) in [6.07, 6.45) is 4.78. The molecule has 3 rings (SSSR count). The molecule has 0 N–H and O–H groups in total. The van der Waals surface area contributed by atoms with Gasteiger partial charge in [-0.05, 0) is 24.8 Å². The maximum Gasteiger partial charge on any atom is 0.238 e. The van der Waals surface area contributed by atoms with E-state index in [1.54, 1.807) is 0 Å². The molecule has 2 heterocycles. The number of likely N-dealkylation sites (tertiary alicyclic amines) is 1. The van der Waals surface area contributed by atoms with Gasteiger partial charge in [-0.25, -0.2) is 8.42 Å². The molecule has 2 aliphatic rings. The van der Waals surface area contributed by atoms with Crippen molar-refractivity contribution in [2.45, 2.75) is 38.1 Å². The van der Waals surface area contributed by atoms with Crippen molar-refractivity contribution in [3.8, 4) is 0 Å². The van der Waals surface area contributed by atoms with Crippen LogP contribution in [0.5, 0.6) is 0 Å². The van der Waals surface area contributed by atoms with Crippen LogP contribution in [0.25, 0.3) is 0 Å². The van der Waals surface area contributed by atoms with Crippen molar-refractivity contribution in [1.82, 2.24) is 9.21 Å². The quantitative estimate of drug-likeness (QED) is 0.850. The van der Waals surface area contributed by atoms with Crippen molar-refractivity contribution in [3.63, 3.8) is 0 Å². The van der Waals surface area contributed by atoms with E-state index >= 15 is 0 Å². The summed E-state index contributed by atoms with van der Waals surface area (Å²) in [6.45, 7) is 1.18. The Hall–Kier alpha value is -1.40. The number of carbonyl (C=O) groups is 1. The van der Waals surface area contributed by atoms with E-state index in [0.717, 1.165) is 31.2 Å². The topological polar surface area (TPSA) is 57.7 Å². The molecule has 2 aliphatic heterocycles. The molecule has 2 saturated heterocycles. The molecule has 0 aliphatic carbocycles. The van der Waals surface area contributed by atoms with Crippen molar-refractivity contribution >= 4 is 15.9 Å². The third-order valence-electron chi connectivity index (χ3n) is 4.77. The van der Waals surface area contributed by atoms with Gasteiger partial charge in [0.05, 0.1) is 18.3 Å². The maximum absolute atomic E-state index is 12.8. The Balaban J connectivity index is 1.78. The Morgan fingerprint density at radius 1 is 1.04 bits per heavy atom. The molecule has 0 bridgehead atoms. The zero-order valence-electron chi connectivity index (χ0n) is 13.4. The van der Waals surface area contributed by atoms with Gasteiger partial charge in [-0.3, -0.25) is 4.79 Å². The second kappa shape index (κ2) is 7.01. The fourth-order valence-corrected chi connectivity index (χ4v) is 5.01. The number of nitrogens with zero attached hydrogens (tertiary/aromatic N) is 2. The Morgan fingerprint density at radius 2 is 1.83 bits per heavy atom. The van der Waals surface area contributed by atoms with E-state index in [-0.39, 0.29) is 24.2 Å². The average Bonchev–Trinajstić information content (AvgIpc) is 2.76. The summed E-state index contributed by atoms with van der Waals surface area (Å²) < 4.78 is 25.3. The number of hydrogen-bond donors (Lipinski definition) is 0.